The number of fused-ring (bicyclic) bond motifs is 1. The van der Waals surface area contributed by atoms with E-state index >= 15 is 0 Å². The zero-order valence-electron chi connectivity index (χ0n) is 16.9. The van der Waals surface area contributed by atoms with Crippen LogP contribution in [0.1, 0.15) is 48.8 Å². The Hall–Kier alpha value is -2.06. The molecular formula is C26H31NO. The Morgan fingerprint density at radius 1 is 1.11 bits per heavy atom. The van der Waals surface area contributed by atoms with Gasteiger partial charge < -0.3 is 9.64 Å². The van der Waals surface area contributed by atoms with Gasteiger partial charge in [0.1, 0.15) is 12.4 Å². The number of ether oxygens (including phenoxy) is 1. The highest BCUT2D eigenvalue weighted by Gasteiger charge is 2.53. The molecule has 146 valence electrons. The molecule has 2 nitrogen and oxygen atoms in total. The van der Waals surface area contributed by atoms with Crippen molar-refractivity contribution >= 4 is 6.08 Å². The van der Waals surface area contributed by atoms with E-state index in [4.69, 9.17) is 4.74 Å². The predicted octanol–water partition coefficient (Wildman–Crippen LogP) is 5.47. The highest BCUT2D eigenvalue weighted by Crippen LogP contribution is 2.55. The van der Waals surface area contributed by atoms with Crippen LogP contribution < -0.4 is 4.74 Å². The van der Waals surface area contributed by atoms with E-state index in [0.29, 0.717) is 12.0 Å². The molecule has 0 aromatic heterocycles. The molecule has 1 heterocycles. The first-order valence-corrected chi connectivity index (χ1v) is 10.9. The molecule has 5 rings (SSSR count). The summed E-state index contributed by atoms with van der Waals surface area (Å²) in [5.74, 6) is 1.87. The smallest absolute Gasteiger partial charge is 0.120 e. The van der Waals surface area contributed by atoms with Gasteiger partial charge in [-0.15, -0.1) is 0 Å². The van der Waals surface area contributed by atoms with E-state index in [-0.39, 0.29) is 0 Å². The van der Waals surface area contributed by atoms with Crippen molar-refractivity contribution < 1.29 is 4.74 Å². The topological polar surface area (TPSA) is 12.5 Å². The molecule has 1 aliphatic heterocycles. The van der Waals surface area contributed by atoms with E-state index in [0.717, 1.165) is 17.7 Å². The molecule has 2 aromatic rings. The first kappa shape index (κ1) is 18.0. The summed E-state index contributed by atoms with van der Waals surface area (Å²) < 4.78 is 6.13. The standard InChI is InChI=1S/C26H31NO/c1-27-16-15-26-14-6-5-11-23(26)25(27)18-21-12-13-22(19-24(21)26)28-17-7-10-20-8-3-2-4-9-20/h2-4,7-10,12-13,19,23,25H,5-6,11,14-18H2,1H3/t23-,25+,26+/m0/s1. The summed E-state index contributed by atoms with van der Waals surface area (Å²) in [6.07, 6.45) is 12.3. The molecule has 2 heteroatoms. The van der Waals surface area contributed by atoms with E-state index in [9.17, 15) is 0 Å². The quantitative estimate of drug-likeness (QED) is 0.705. The molecular weight excluding hydrogens is 342 g/mol. The second-order valence-corrected chi connectivity index (χ2v) is 8.95. The van der Waals surface area contributed by atoms with Gasteiger partial charge in [-0.05, 0) is 80.1 Å². The maximum absolute atomic E-state index is 6.13. The second kappa shape index (κ2) is 7.40. The van der Waals surface area contributed by atoms with Crippen LogP contribution >= 0.6 is 0 Å². The van der Waals surface area contributed by atoms with Gasteiger partial charge in [0, 0.05) is 11.5 Å². The summed E-state index contributed by atoms with van der Waals surface area (Å²) >= 11 is 0. The van der Waals surface area contributed by atoms with Crippen molar-refractivity contribution in [1.82, 2.24) is 4.90 Å². The summed E-state index contributed by atoms with van der Waals surface area (Å²) in [5.41, 5.74) is 4.81. The van der Waals surface area contributed by atoms with Crippen LogP contribution in [0.15, 0.2) is 54.6 Å². The van der Waals surface area contributed by atoms with Gasteiger partial charge in [0.05, 0.1) is 0 Å². The molecule has 1 saturated carbocycles. The van der Waals surface area contributed by atoms with Crippen molar-refractivity contribution in [3.8, 4) is 5.75 Å². The zero-order valence-corrected chi connectivity index (χ0v) is 16.9. The molecule has 0 N–H and O–H groups in total. The lowest BCUT2D eigenvalue weighted by atomic mass is 9.52. The maximum Gasteiger partial charge on any atom is 0.120 e. The van der Waals surface area contributed by atoms with Gasteiger partial charge in [0.25, 0.3) is 0 Å². The van der Waals surface area contributed by atoms with Crippen LogP contribution in [-0.2, 0) is 11.8 Å². The lowest BCUT2D eigenvalue weighted by Crippen LogP contribution is -2.59. The zero-order chi connectivity index (χ0) is 19.0. The molecule has 2 fully saturated rings. The van der Waals surface area contributed by atoms with E-state index < -0.39 is 0 Å². The van der Waals surface area contributed by atoms with Crippen molar-refractivity contribution in [1.29, 1.82) is 0 Å². The third-order valence-corrected chi connectivity index (χ3v) is 7.54. The number of likely N-dealkylation sites (N-methyl/N-ethyl adjacent to an activating group) is 1. The Morgan fingerprint density at radius 3 is 2.89 bits per heavy atom. The van der Waals surface area contributed by atoms with Crippen LogP contribution in [0.25, 0.3) is 6.08 Å². The molecule has 2 bridgehead atoms. The average molecular weight is 374 g/mol. The number of hydrogen-bond acceptors (Lipinski definition) is 2. The van der Waals surface area contributed by atoms with E-state index in [1.54, 1.807) is 11.1 Å². The van der Waals surface area contributed by atoms with Crippen LogP contribution in [-0.4, -0.2) is 31.1 Å². The van der Waals surface area contributed by atoms with Gasteiger partial charge in [-0.25, -0.2) is 0 Å². The highest BCUT2D eigenvalue weighted by molar-refractivity contribution is 5.49. The summed E-state index contributed by atoms with van der Waals surface area (Å²) in [6.45, 7) is 1.86. The van der Waals surface area contributed by atoms with E-state index in [1.165, 1.54) is 50.6 Å². The molecule has 28 heavy (non-hydrogen) atoms. The second-order valence-electron chi connectivity index (χ2n) is 8.95. The number of benzene rings is 2. The van der Waals surface area contributed by atoms with Gasteiger partial charge in [-0.2, -0.15) is 0 Å². The first-order valence-electron chi connectivity index (χ1n) is 10.9. The summed E-state index contributed by atoms with van der Waals surface area (Å²) in [4.78, 5) is 2.63. The van der Waals surface area contributed by atoms with Gasteiger partial charge >= 0.3 is 0 Å². The molecule has 0 amide bonds. The molecule has 1 saturated heterocycles. The van der Waals surface area contributed by atoms with E-state index in [2.05, 4.69) is 66.6 Å². The van der Waals surface area contributed by atoms with Gasteiger partial charge in [0.2, 0.25) is 0 Å². The van der Waals surface area contributed by atoms with Crippen LogP contribution in [0.3, 0.4) is 0 Å². The van der Waals surface area contributed by atoms with Crippen molar-refractivity contribution in [3.63, 3.8) is 0 Å². The number of piperidine rings is 1. The van der Waals surface area contributed by atoms with Crippen molar-refractivity contribution in [2.45, 2.75) is 50.0 Å². The Bertz CT molecular complexity index is 858. The largest absolute Gasteiger partial charge is 0.490 e. The lowest BCUT2D eigenvalue weighted by Gasteiger charge is -2.58. The fraction of sp³-hybridized carbons (Fsp3) is 0.462. The number of hydrogen-bond donors (Lipinski definition) is 0. The minimum absolute atomic E-state index is 0.405. The minimum atomic E-state index is 0.405. The Labute approximate surface area is 169 Å². The highest BCUT2D eigenvalue weighted by atomic mass is 16.5. The lowest BCUT2D eigenvalue weighted by molar-refractivity contribution is 0.00272. The SMILES string of the molecule is CN1CC[C@]23CCCC[C@H]2[C@H]1Cc1ccc(OCC=Cc2ccccc2)cc13. The number of rotatable bonds is 4. The predicted molar refractivity (Wildman–Crippen MR) is 116 cm³/mol. The molecule has 2 aliphatic carbocycles. The molecule has 0 radical (unpaired) electrons. The maximum atomic E-state index is 6.13. The van der Waals surface area contributed by atoms with Crippen LogP contribution in [0, 0.1) is 5.92 Å². The molecule has 0 spiro atoms. The Kier molecular flexibility index (Phi) is 4.76. The molecule has 3 aliphatic rings. The summed E-state index contributed by atoms with van der Waals surface area (Å²) in [5, 5.41) is 0. The first-order chi connectivity index (χ1) is 13.8. The summed E-state index contributed by atoms with van der Waals surface area (Å²) in [7, 11) is 2.34. The molecule has 2 aromatic carbocycles. The number of likely N-dealkylation sites (tertiary alicyclic amines) is 1. The van der Waals surface area contributed by atoms with Crippen molar-refractivity contribution in [2.24, 2.45) is 5.92 Å². The van der Waals surface area contributed by atoms with Crippen LogP contribution in [0.2, 0.25) is 0 Å². The fourth-order valence-electron chi connectivity index (χ4n) is 6.16. The number of nitrogens with zero attached hydrogens (tertiary/aromatic N) is 1. The third kappa shape index (κ3) is 3.08. The van der Waals surface area contributed by atoms with Gasteiger partial charge in [-0.3, -0.25) is 0 Å². The molecule has 0 unspecified atom stereocenters. The minimum Gasteiger partial charge on any atom is -0.490 e. The van der Waals surface area contributed by atoms with Crippen molar-refractivity contribution in [3.05, 3.63) is 71.3 Å². The van der Waals surface area contributed by atoms with E-state index in [1.807, 2.05) is 6.07 Å². The van der Waals surface area contributed by atoms with Crippen molar-refractivity contribution in [2.75, 3.05) is 20.2 Å². The fourth-order valence-corrected chi connectivity index (χ4v) is 6.16. The molecule has 3 atom stereocenters. The Balaban J connectivity index is 1.37. The van der Waals surface area contributed by atoms with Gasteiger partial charge in [0.15, 0.2) is 0 Å². The Morgan fingerprint density at radius 2 is 2.00 bits per heavy atom. The summed E-state index contributed by atoms with van der Waals surface area (Å²) in [6, 6.07) is 18.1. The average Bonchev–Trinajstić information content (AvgIpc) is 2.75. The monoisotopic (exact) mass is 373 g/mol. The van der Waals surface area contributed by atoms with Gasteiger partial charge in [-0.1, -0.05) is 55.3 Å². The van der Waals surface area contributed by atoms with Crippen LogP contribution in [0.4, 0.5) is 0 Å². The third-order valence-electron chi connectivity index (χ3n) is 7.54. The normalized spacial score (nSPS) is 29.3. The van der Waals surface area contributed by atoms with Crippen LogP contribution in [0.5, 0.6) is 5.75 Å².